The van der Waals surface area contributed by atoms with Gasteiger partial charge in [-0.25, -0.2) is 9.59 Å². The predicted octanol–water partition coefficient (Wildman–Crippen LogP) is 0.881. The van der Waals surface area contributed by atoms with Crippen molar-refractivity contribution in [2.75, 3.05) is 34.5 Å². The molecule has 25 heavy (non-hydrogen) atoms. The maximum atomic E-state index is 12.2. The normalized spacial score (nSPS) is 9.56. The third-order valence-corrected chi connectivity index (χ3v) is 2.92. The fourth-order valence-electron chi connectivity index (χ4n) is 1.77. The summed E-state index contributed by atoms with van der Waals surface area (Å²) in [7, 11) is 4.22. The average Bonchev–Trinajstić information content (AvgIpc) is 2.62. The second-order valence-electron chi connectivity index (χ2n) is 4.53. The number of nitrogens with one attached hydrogen (secondary N) is 2. The van der Waals surface area contributed by atoms with Crippen LogP contribution in [0.1, 0.15) is 10.4 Å². The molecule has 1 aromatic carbocycles. The van der Waals surface area contributed by atoms with E-state index in [1.54, 1.807) is 0 Å². The highest BCUT2D eigenvalue weighted by atomic mass is 16.5. The molecule has 0 aromatic heterocycles. The Bertz CT molecular complexity index is 658. The van der Waals surface area contributed by atoms with Crippen molar-refractivity contribution in [3.63, 3.8) is 0 Å². The van der Waals surface area contributed by atoms with E-state index in [-0.39, 0.29) is 17.9 Å². The minimum atomic E-state index is -0.820. The molecule has 0 unspecified atom stereocenters. The highest BCUT2D eigenvalue weighted by Crippen LogP contribution is 2.34. The van der Waals surface area contributed by atoms with Crippen LogP contribution in [-0.2, 0) is 9.53 Å². The molecule has 0 heterocycles. The zero-order valence-corrected chi connectivity index (χ0v) is 14.2. The van der Waals surface area contributed by atoms with Gasteiger partial charge < -0.3 is 24.3 Å². The van der Waals surface area contributed by atoms with Crippen LogP contribution >= 0.6 is 0 Å². The summed E-state index contributed by atoms with van der Waals surface area (Å²) in [6.07, 6.45) is 1.45. The molecule has 0 spiro atoms. The summed E-state index contributed by atoms with van der Waals surface area (Å²) in [6, 6.07) is 2.11. The first kappa shape index (κ1) is 19.8. The zero-order valence-electron chi connectivity index (χ0n) is 14.2. The number of ether oxygens (including phenoxy) is 4. The number of rotatable bonds is 8. The third kappa shape index (κ3) is 5.72. The van der Waals surface area contributed by atoms with Crippen molar-refractivity contribution in [1.29, 1.82) is 0 Å². The Morgan fingerprint density at radius 1 is 1.04 bits per heavy atom. The fourth-order valence-corrected chi connectivity index (χ4v) is 1.77. The summed E-state index contributed by atoms with van der Waals surface area (Å²) in [5.74, 6) is -0.753. The van der Waals surface area contributed by atoms with Crippen molar-refractivity contribution in [2.45, 2.75) is 0 Å². The Labute approximate surface area is 144 Å². The number of carbonyl (C=O) groups is 3. The van der Waals surface area contributed by atoms with E-state index in [1.807, 2.05) is 5.32 Å². The van der Waals surface area contributed by atoms with Gasteiger partial charge in [0.25, 0.3) is 5.91 Å². The minimum absolute atomic E-state index is 0.0454. The average molecular weight is 352 g/mol. The topological polar surface area (TPSA) is 112 Å². The van der Waals surface area contributed by atoms with Gasteiger partial charge in [0.2, 0.25) is 0 Å². The Hall–Kier alpha value is -3.23. The van der Waals surface area contributed by atoms with Gasteiger partial charge in [0, 0.05) is 18.7 Å². The van der Waals surface area contributed by atoms with E-state index in [0.29, 0.717) is 11.5 Å². The molecule has 0 radical (unpaired) electrons. The van der Waals surface area contributed by atoms with Crippen LogP contribution in [0, 0.1) is 0 Å². The summed E-state index contributed by atoms with van der Waals surface area (Å²) < 4.78 is 20.2. The number of hydrogen-bond acceptors (Lipinski definition) is 7. The number of benzene rings is 1. The van der Waals surface area contributed by atoms with Crippen molar-refractivity contribution in [1.82, 2.24) is 10.6 Å². The number of imide groups is 1. The van der Waals surface area contributed by atoms with Gasteiger partial charge in [-0.1, -0.05) is 6.08 Å². The van der Waals surface area contributed by atoms with Crippen LogP contribution in [0.15, 0.2) is 24.8 Å². The zero-order chi connectivity index (χ0) is 18.8. The quantitative estimate of drug-likeness (QED) is 0.527. The second-order valence-corrected chi connectivity index (χ2v) is 4.53. The highest BCUT2D eigenvalue weighted by molar-refractivity contribution is 5.98. The maximum Gasteiger partial charge on any atom is 0.342 e. The lowest BCUT2D eigenvalue weighted by atomic mass is 10.1. The molecule has 0 saturated carbocycles. The Morgan fingerprint density at radius 3 is 2.20 bits per heavy atom. The number of hydrogen-bond donors (Lipinski definition) is 2. The predicted molar refractivity (Wildman–Crippen MR) is 88.1 cm³/mol. The van der Waals surface area contributed by atoms with Gasteiger partial charge in [0.15, 0.2) is 18.1 Å². The molecule has 9 heteroatoms. The molecule has 0 aliphatic rings. The van der Waals surface area contributed by atoms with Crippen LogP contribution < -0.4 is 24.8 Å². The molecule has 2 N–H and O–H groups in total. The maximum absolute atomic E-state index is 12.2. The molecule has 0 saturated heterocycles. The van der Waals surface area contributed by atoms with Crippen LogP contribution in [0.25, 0.3) is 0 Å². The fraction of sp³-hybridized carbons (Fsp3) is 0.312. The van der Waals surface area contributed by atoms with E-state index in [9.17, 15) is 14.4 Å². The first-order valence-electron chi connectivity index (χ1n) is 7.12. The molecule has 0 atom stereocenters. The van der Waals surface area contributed by atoms with Crippen molar-refractivity contribution in [2.24, 2.45) is 0 Å². The molecular weight excluding hydrogens is 332 g/mol. The van der Waals surface area contributed by atoms with Crippen LogP contribution in [0.5, 0.6) is 17.2 Å². The standard InChI is InChI=1S/C16H20N2O7/c1-5-6-17-16(21)18-14(19)9-25-15(20)10-7-12(23-3)13(24-4)8-11(10)22-2/h5,7-8H,1,6,9H2,2-4H3,(H2,17,18,19,21). The largest absolute Gasteiger partial charge is 0.496 e. The number of methoxy groups -OCH3 is 3. The van der Waals surface area contributed by atoms with E-state index >= 15 is 0 Å². The van der Waals surface area contributed by atoms with Crippen LogP contribution in [0.4, 0.5) is 4.79 Å². The van der Waals surface area contributed by atoms with Crippen LogP contribution in [0.3, 0.4) is 0 Å². The van der Waals surface area contributed by atoms with Gasteiger partial charge >= 0.3 is 12.0 Å². The first-order valence-corrected chi connectivity index (χ1v) is 7.12. The van der Waals surface area contributed by atoms with Gasteiger partial charge in [-0.05, 0) is 0 Å². The molecular formula is C16H20N2O7. The van der Waals surface area contributed by atoms with Gasteiger partial charge in [0.05, 0.1) is 21.3 Å². The third-order valence-electron chi connectivity index (χ3n) is 2.92. The smallest absolute Gasteiger partial charge is 0.342 e. The van der Waals surface area contributed by atoms with Crippen LogP contribution in [0.2, 0.25) is 0 Å². The van der Waals surface area contributed by atoms with Gasteiger partial charge in [-0.15, -0.1) is 6.58 Å². The second kappa shape index (κ2) is 9.81. The number of urea groups is 1. The molecule has 136 valence electrons. The van der Waals surface area contributed by atoms with E-state index in [4.69, 9.17) is 18.9 Å². The molecule has 1 aromatic rings. The van der Waals surface area contributed by atoms with E-state index in [1.165, 1.54) is 39.5 Å². The molecule has 3 amide bonds. The molecule has 9 nitrogen and oxygen atoms in total. The van der Waals surface area contributed by atoms with Crippen molar-refractivity contribution in [3.8, 4) is 17.2 Å². The molecule has 0 fully saturated rings. The Morgan fingerprint density at radius 2 is 1.64 bits per heavy atom. The highest BCUT2D eigenvalue weighted by Gasteiger charge is 2.20. The van der Waals surface area contributed by atoms with Gasteiger partial charge in [-0.3, -0.25) is 10.1 Å². The lowest BCUT2D eigenvalue weighted by Crippen LogP contribution is -2.41. The summed E-state index contributed by atoms with van der Waals surface area (Å²) in [5, 5.41) is 4.35. The number of amides is 3. The summed E-state index contributed by atoms with van der Waals surface area (Å²) in [4.78, 5) is 35.0. The summed E-state index contributed by atoms with van der Waals surface area (Å²) in [5.41, 5.74) is 0.0454. The Balaban J connectivity index is 2.75. The van der Waals surface area contributed by atoms with Crippen LogP contribution in [-0.4, -0.2) is 52.4 Å². The molecule has 1 rings (SSSR count). The SMILES string of the molecule is C=CCNC(=O)NC(=O)COC(=O)c1cc(OC)c(OC)cc1OC. The number of carbonyl (C=O) groups excluding carboxylic acids is 3. The van der Waals surface area contributed by atoms with E-state index in [0.717, 1.165) is 0 Å². The van der Waals surface area contributed by atoms with E-state index < -0.39 is 24.5 Å². The first-order chi connectivity index (χ1) is 12.0. The van der Waals surface area contributed by atoms with E-state index in [2.05, 4.69) is 11.9 Å². The van der Waals surface area contributed by atoms with Gasteiger partial charge in [-0.2, -0.15) is 0 Å². The van der Waals surface area contributed by atoms with Crippen molar-refractivity contribution < 1.29 is 33.3 Å². The lowest BCUT2D eigenvalue weighted by molar-refractivity contribution is -0.123. The number of esters is 1. The van der Waals surface area contributed by atoms with Gasteiger partial charge in [0.1, 0.15) is 11.3 Å². The van der Waals surface area contributed by atoms with Crippen molar-refractivity contribution >= 4 is 17.9 Å². The molecule has 0 aliphatic carbocycles. The lowest BCUT2D eigenvalue weighted by Gasteiger charge is -2.13. The minimum Gasteiger partial charge on any atom is -0.496 e. The Kier molecular flexibility index (Phi) is 7.77. The summed E-state index contributed by atoms with van der Waals surface area (Å²) >= 11 is 0. The van der Waals surface area contributed by atoms with Crippen molar-refractivity contribution in [3.05, 3.63) is 30.4 Å². The molecule has 0 aliphatic heterocycles. The summed E-state index contributed by atoms with van der Waals surface area (Å²) in [6.45, 7) is 2.97. The molecule has 0 bridgehead atoms. The monoisotopic (exact) mass is 352 g/mol.